The fraction of sp³-hybridized carbons (Fsp3) is 0.500. The molecule has 2 aliphatic rings. The molecular formula is C14H18O2. The van der Waals surface area contributed by atoms with Gasteiger partial charge in [0.25, 0.3) is 0 Å². The number of fused-ring (bicyclic) bond motifs is 1. The minimum absolute atomic E-state index is 0.212. The fourth-order valence-electron chi connectivity index (χ4n) is 2.35. The van der Waals surface area contributed by atoms with Crippen LogP contribution in [0.2, 0.25) is 0 Å². The van der Waals surface area contributed by atoms with Crippen molar-refractivity contribution < 1.29 is 9.53 Å². The van der Waals surface area contributed by atoms with Crippen molar-refractivity contribution in [3.63, 3.8) is 0 Å². The molecule has 2 rings (SSSR count). The van der Waals surface area contributed by atoms with E-state index in [2.05, 4.69) is 12.2 Å². The SMILES string of the molecule is CCOC(=O)/C=C1/C=C2CCCC2=CCC1. The van der Waals surface area contributed by atoms with Gasteiger partial charge in [0.2, 0.25) is 0 Å². The second-order valence-corrected chi connectivity index (χ2v) is 4.26. The quantitative estimate of drug-likeness (QED) is 0.525. The molecule has 0 unspecified atom stereocenters. The molecule has 0 aromatic carbocycles. The van der Waals surface area contributed by atoms with Gasteiger partial charge in [0.05, 0.1) is 6.61 Å². The molecule has 0 saturated heterocycles. The fourth-order valence-corrected chi connectivity index (χ4v) is 2.35. The third-order valence-corrected chi connectivity index (χ3v) is 3.08. The van der Waals surface area contributed by atoms with Crippen molar-refractivity contribution in [2.75, 3.05) is 6.61 Å². The van der Waals surface area contributed by atoms with E-state index in [1.165, 1.54) is 24.0 Å². The van der Waals surface area contributed by atoms with Gasteiger partial charge in [-0.3, -0.25) is 0 Å². The first-order chi connectivity index (χ1) is 7.79. The lowest BCUT2D eigenvalue weighted by atomic mass is 10.1. The van der Waals surface area contributed by atoms with Gasteiger partial charge in [-0.05, 0) is 55.7 Å². The zero-order valence-electron chi connectivity index (χ0n) is 9.79. The number of allylic oxidation sites excluding steroid dienone is 5. The summed E-state index contributed by atoms with van der Waals surface area (Å²) in [6.07, 6.45) is 11.8. The summed E-state index contributed by atoms with van der Waals surface area (Å²) in [7, 11) is 0. The molecule has 0 radical (unpaired) electrons. The Morgan fingerprint density at radius 2 is 2.19 bits per heavy atom. The van der Waals surface area contributed by atoms with Crippen LogP contribution in [0.25, 0.3) is 0 Å². The van der Waals surface area contributed by atoms with Crippen molar-refractivity contribution in [3.05, 3.63) is 34.9 Å². The zero-order valence-corrected chi connectivity index (χ0v) is 9.79. The summed E-state index contributed by atoms with van der Waals surface area (Å²) in [5, 5.41) is 0. The Labute approximate surface area is 96.7 Å². The van der Waals surface area contributed by atoms with Crippen LogP contribution in [0.5, 0.6) is 0 Å². The van der Waals surface area contributed by atoms with E-state index >= 15 is 0 Å². The average Bonchev–Trinajstić information content (AvgIpc) is 2.58. The van der Waals surface area contributed by atoms with Gasteiger partial charge < -0.3 is 4.74 Å². The Bertz CT molecular complexity index is 372. The molecule has 0 atom stereocenters. The second-order valence-electron chi connectivity index (χ2n) is 4.26. The molecule has 1 saturated carbocycles. The number of hydrogen-bond donors (Lipinski definition) is 0. The van der Waals surface area contributed by atoms with Crippen LogP contribution in [0.15, 0.2) is 34.9 Å². The summed E-state index contributed by atoms with van der Waals surface area (Å²) < 4.78 is 4.94. The lowest BCUT2D eigenvalue weighted by molar-refractivity contribution is -0.137. The van der Waals surface area contributed by atoms with Crippen LogP contribution >= 0.6 is 0 Å². The first kappa shape index (κ1) is 11.2. The minimum Gasteiger partial charge on any atom is -0.463 e. The van der Waals surface area contributed by atoms with Crippen molar-refractivity contribution in [1.82, 2.24) is 0 Å². The normalized spacial score (nSPS) is 22.2. The van der Waals surface area contributed by atoms with Crippen molar-refractivity contribution in [1.29, 1.82) is 0 Å². The maximum absolute atomic E-state index is 11.4. The van der Waals surface area contributed by atoms with Gasteiger partial charge in [-0.2, -0.15) is 0 Å². The predicted molar refractivity (Wildman–Crippen MR) is 64.0 cm³/mol. The van der Waals surface area contributed by atoms with Crippen molar-refractivity contribution >= 4 is 5.97 Å². The van der Waals surface area contributed by atoms with Crippen molar-refractivity contribution in [3.8, 4) is 0 Å². The molecule has 16 heavy (non-hydrogen) atoms. The molecule has 0 bridgehead atoms. The van der Waals surface area contributed by atoms with E-state index in [0.29, 0.717) is 6.61 Å². The van der Waals surface area contributed by atoms with E-state index in [-0.39, 0.29) is 5.97 Å². The van der Waals surface area contributed by atoms with E-state index in [1.807, 2.05) is 6.92 Å². The molecule has 2 heteroatoms. The van der Waals surface area contributed by atoms with E-state index in [9.17, 15) is 4.79 Å². The highest BCUT2D eigenvalue weighted by atomic mass is 16.5. The number of rotatable bonds is 2. The van der Waals surface area contributed by atoms with Gasteiger partial charge in [-0.1, -0.05) is 12.2 Å². The summed E-state index contributed by atoms with van der Waals surface area (Å²) >= 11 is 0. The lowest BCUT2D eigenvalue weighted by Crippen LogP contribution is -2.00. The van der Waals surface area contributed by atoms with Crippen molar-refractivity contribution in [2.45, 2.75) is 39.0 Å². The molecule has 0 aliphatic heterocycles. The summed E-state index contributed by atoms with van der Waals surface area (Å²) in [6, 6.07) is 0. The molecule has 0 aromatic rings. The van der Waals surface area contributed by atoms with E-state index in [1.54, 1.807) is 6.08 Å². The largest absolute Gasteiger partial charge is 0.463 e. The number of carbonyl (C=O) groups excluding carboxylic acids is 1. The number of esters is 1. The Morgan fingerprint density at radius 3 is 3.00 bits per heavy atom. The molecule has 0 N–H and O–H groups in total. The van der Waals surface area contributed by atoms with E-state index in [4.69, 9.17) is 4.74 Å². The highest BCUT2D eigenvalue weighted by Gasteiger charge is 2.16. The van der Waals surface area contributed by atoms with Gasteiger partial charge in [0.15, 0.2) is 0 Å². The molecule has 0 heterocycles. The van der Waals surface area contributed by atoms with Gasteiger partial charge in [0, 0.05) is 6.08 Å². The van der Waals surface area contributed by atoms with Crippen LogP contribution in [0.3, 0.4) is 0 Å². The predicted octanol–water partition coefficient (Wildman–Crippen LogP) is 3.31. The third-order valence-electron chi connectivity index (χ3n) is 3.08. The molecule has 2 nitrogen and oxygen atoms in total. The monoisotopic (exact) mass is 218 g/mol. The van der Waals surface area contributed by atoms with E-state index < -0.39 is 0 Å². The van der Waals surface area contributed by atoms with Crippen LogP contribution in [0.4, 0.5) is 0 Å². The number of hydrogen-bond acceptors (Lipinski definition) is 2. The summed E-state index contributed by atoms with van der Waals surface area (Å²) in [5.41, 5.74) is 4.03. The van der Waals surface area contributed by atoms with Crippen LogP contribution < -0.4 is 0 Å². The summed E-state index contributed by atoms with van der Waals surface area (Å²) in [5.74, 6) is -0.212. The highest BCUT2D eigenvalue weighted by molar-refractivity contribution is 5.83. The number of carbonyl (C=O) groups is 1. The summed E-state index contributed by atoms with van der Waals surface area (Å²) in [4.78, 5) is 11.4. The molecule has 2 aliphatic carbocycles. The highest BCUT2D eigenvalue weighted by Crippen LogP contribution is 2.34. The van der Waals surface area contributed by atoms with Gasteiger partial charge in [-0.15, -0.1) is 0 Å². The minimum atomic E-state index is -0.212. The van der Waals surface area contributed by atoms with Gasteiger partial charge in [0.1, 0.15) is 0 Å². The van der Waals surface area contributed by atoms with Crippen LogP contribution in [0.1, 0.15) is 39.0 Å². The van der Waals surface area contributed by atoms with Crippen LogP contribution in [-0.4, -0.2) is 12.6 Å². The van der Waals surface area contributed by atoms with Crippen LogP contribution in [-0.2, 0) is 9.53 Å². The molecular weight excluding hydrogens is 200 g/mol. The Balaban J connectivity index is 2.13. The maximum atomic E-state index is 11.4. The smallest absolute Gasteiger partial charge is 0.331 e. The van der Waals surface area contributed by atoms with E-state index in [0.717, 1.165) is 24.8 Å². The Morgan fingerprint density at radius 1 is 1.38 bits per heavy atom. The summed E-state index contributed by atoms with van der Waals surface area (Å²) in [6.45, 7) is 2.28. The molecule has 86 valence electrons. The number of ether oxygens (including phenoxy) is 1. The first-order valence-corrected chi connectivity index (χ1v) is 6.07. The van der Waals surface area contributed by atoms with Gasteiger partial charge in [-0.25, -0.2) is 4.79 Å². The molecule has 0 spiro atoms. The van der Waals surface area contributed by atoms with Crippen molar-refractivity contribution in [2.24, 2.45) is 0 Å². The lowest BCUT2D eigenvalue weighted by Gasteiger charge is -2.01. The first-order valence-electron chi connectivity index (χ1n) is 6.07. The maximum Gasteiger partial charge on any atom is 0.331 e. The second kappa shape index (κ2) is 5.15. The topological polar surface area (TPSA) is 26.3 Å². The Kier molecular flexibility index (Phi) is 3.60. The zero-order chi connectivity index (χ0) is 11.4. The third kappa shape index (κ3) is 2.63. The van der Waals surface area contributed by atoms with Crippen LogP contribution in [0, 0.1) is 0 Å². The van der Waals surface area contributed by atoms with Gasteiger partial charge >= 0.3 is 5.97 Å². The average molecular weight is 218 g/mol. The molecule has 1 fully saturated rings. The molecule has 0 amide bonds. The standard InChI is InChI=1S/C14H18O2/c1-2-16-14(15)10-11-5-3-6-12-7-4-8-13(12)9-11/h6,9-10H,2-5,7-8H2,1H3/b11-10+. The molecule has 0 aromatic heterocycles. The Hall–Kier alpha value is -1.31.